The van der Waals surface area contributed by atoms with Crippen LogP contribution in [0.4, 0.5) is 0 Å². The Balaban J connectivity index is 2.62. The number of rotatable bonds is 5. The first-order valence-electron chi connectivity index (χ1n) is 5.82. The highest BCUT2D eigenvalue weighted by atomic mass is 16.4. The van der Waals surface area contributed by atoms with Crippen LogP contribution >= 0.6 is 0 Å². The van der Waals surface area contributed by atoms with E-state index in [9.17, 15) is 9.59 Å². The van der Waals surface area contributed by atoms with E-state index in [1.54, 1.807) is 4.90 Å². The SMILES string of the molecule is CN(C)CC(=O)NC1(CC(=O)O)CCNCC1. The molecule has 0 aromatic heterocycles. The lowest BCUT2D eigenvalue weighted by molar-refractivity contribution is -0.139. The maximum atomic E-state index is 11.7. The molecule has 0 spiro atoms. The van der Waals surface area contributed by atoms with Crippen LogP contribution in [-0.4, -0.2) is 61.2 Å². The number of carbonyl (C=O) groups is 2. The van der Waals surface area contributed by atoms with E-state index in [2.05, 4.69) is 10.6 Å². The van der Waals surface area contributed by atoms with Crippen LogP contribution in [0.2, 0.25) is 0 Å². The molecule has 0 atom stereocenters. The number of aliphatic carboxylic acids is 1. The smallest absolute Gasteiger partial charge is 0.305 e. The molecule has 6 heteroatoms. The van der Waals surface area contributed by atoms with Crippen molar-refractivity contribution in [3.05, 3.63) is 0 Å². The minimum Gasteiger partial charge on any atom is -0.481 e. The van der Waals surface area contributed by atoms with Gasteiger partial charge in [-0.25, -0.2) is 0 Å². The van der Waals surface area contributed by atoms with Crippen LogP contribution in [0.5, 0.6) is 0 Å². The highest BCUT2D eigenvalue weighted by Crippen LogP contribution is 2.22. The molecular weight excluding hydrogens is 222 g/mol. The van der Waals surface area contributed by atoms with Crippen molar-refractivity contribution in [3.8, 4) is 0 Å². The Morgan fingerprint density at radius 2 is 1.94 bits per heavy atom. The molecule has 0 saturated carbocycles. The summed E-state index contributed by atoms with van der Waals surface area (Å²) in [5, 5.41) is 15.0. The minimum atomic E-state index is -0.864. The summed E-state index contributed by atoms with van der Waals surface area (Å²) < 4.78 is 0. The zero-order chi connectivity index (χ0) is 12.9. The van der Waals surface area contributed by atoms with Crippen LogP contribution < -0.4 is 10.6 Å². The van der Waals surface area contributed by atoms with Gasteiger partial charge in [-0.15, -0.1) is 0 Å². The maximum absolute atomic E-state index is 11.7. The quantitative estimate of drug-likeness (QED) is 0.592. The Morgan fingerprint density at radius 3 is 2.41 bits per heavy atom. The molecule has 0 aromatic carbocycles. The Kier molecular flexibility index (Phi) is 4.89. The lowest BCUT2D eigenvalue weighted by Gasteiger charge is -2.37. The van der Waals surface area contributed by atoms with E-state index in [1.165, 1.54) is 0 Å². The summed E-state index contributed by atoms with van der Waals surface area (Å²) in [5.74, 6) is -0.977. The molecule has 0 aliphatic carbocycles. The van der Waals surface area contributed by atoms with E-state index in [0.717, 1.165) is 13.1 Å². The number of amides is 1. The number of nitrogens with one attached hydrogen (secondary N) is 2. The highest BCUT2D eigenvalue weighted by molar-refractivity contribution is 5.80. The van der Waals surface area contributed by atoms with E-state index in [4.69, 9.17) is 5.11 Å². The van der Waals surface area contributed by atoms with Crippen molar-refractivity contribution in [1.29, 1.82) is 0 Å². The van der Waals surface area contributed by atoms with Gasteiger partial charge in [-0.05, 0) is 40.0 Å². The van der Waals surface area contributed by atoms with E-state index < -0.39 is 11.5 Å². The summed E-state index contributed by atoms with van der Waals surface area (Å²) in [6, 6.07) is 0. The maximum Gasteiger partial charge on any atom is 0.305 e. The van der Waals surface area contributed by atoms with Gasteiger partial charge in [0.05, 0.1) is 18.5 Å². The lowest BCUT2D eigenvalue weighted by Crippen LogP contribution is -2.56. The van der Waals surface area contributed by atoms with Crippen LogP contribution in [0.1, 0.15) is 19.3 Å². The Morgan fingerprint density at radius 1 is 1.35 bits per heavy atom. The van der Waals surface area contributed by atoms with Gasteiger partial charge < -0.3 is 20.6 Å². The third kappa shape index (κ3) is 4.70. The van der Waals surface area contributed by atoms with Crippen molar-refractivity contribution in [3.63, 3.8) is 0 Å². The third-order valence-corrected chi connectivity index (χ3v) is 2.91. The first kappa shape index (κ1) is 13.9. The molecule has 17 heavy (non-hydrogen) atoms. The molecule has 0 bridgehead atoms. The summed E-state index contributed by atoms with van der Waals surface area (Å²) in [6.07, 6.45) is 1.32. The van der Waals surface area contributed by atoms with E-state index in [0.29, 0.717) is 12.8 Å². The van der Waals surface area contributed by atoms with Crippen molar-refractivity contribution in [1.82, 2.24) is 15.5 Å². The zero-order valence-corrected chi connectivity index (χ0v) is 10.5. The molecule has 1 aliphatic heterocycles. The average molecular weight is 243 g/mol. The molecule has 6 nitrogen and oxygen atoms in total. The van der Waals surface area contributed by atoms with Crippen LogP contribution in [0, 0.1) is 0 Å². The molecule has 0 radical (unpaired) electrons. The number of piperidine rings is 1. The van der Waals surface area contributed by atoms with Crippen molar-refractivity contribution in [2.24, 2.45) is 0 Å². The van der Waals surface area contributed by atoms with Crippen molar-refractivity contribution < 1.29 is 14.7 Å². The zero-order valence-electron chi connectivity index (χ0n) is 10.5. The van der Waals surface area contributed by atoms with Crippen molar-refractivity contribution >= 4 is 11.9 Å². The molecule has 98 valence electrons. The van der Waals surface area contributed by atoms with Gasteiger partial charge in [-0.2, -0.15) is 0 Å². The predicted molar refractivity (Wildman–Crippen MR) is 63.8 cm³/mol. The monoisotopic (exact) mass is 243 g/mol. The van der Waals surface area contributed by atoms with Crippen LogP contribution in [0.25, 0.3) is 0 Å². The summed E-state index contributed by atoms with van der Waals surface area (Å²) in [4.78, 5) is 24.4. The topological polar surface area (TPSA) is 81.7 Å². The molecule has 3 N–H and O–H groups in total. The number of carboxylic acid groups (broad SMARTS) is 1. The fourth-order valence-corrected chi connectivity index (χ4v) is 2.16. The van der Waals surface area contributed by atoms with E-state index >= 15 is 0 Å². The van der Waals surface area contributed by atoms with Gasteiger partial charge in [0.25, 0.3) is 0 Å². The normalized spacial score (nSPS) is 19.0. The number of likely N-dealkylation sites (N-methyl/N-ethyl adjacent to an activating group) is 1. The van der Waals surface area contributed by atoms with Gasteiger partial charge in [0.1, 0.15) is 0 Å². The second kappa shape index (κ2) is 5.97. The van der Waals surface area contributed by atoms with Gasteiger partial charge in [-0.1, -0.05) is 0 Å². The van der Waals surface area contributed by atoms with Gasteiger partial charge in [0.2, 0.25) is 5.91 Å². The average Bonchev–Trinajstić information content (AvgIpc) is 2.15. The second-order valence-electron chi connectivity index (χ2n) is 4.89. The molecule has 1 rings (SSSR count). The lowest BCUT2D eigenvalue weighted by atomic mass is 9.85. The van der Waals surface area contributed by atoms with Gasteiger partial charge in [0, 0.05) is 0 Å². The fraction of sp³-hybridized carbons (Fsp3) is 0.818. The number of hydrogen-bond acceptors (Lipinski definition) is 4. The number of carbonyl (C=O) groups excluding carboxylic acids is 1. The van der Waals surface area contributed by atoms with Crippen LogP contribution in [-0.2, 0) is 9.59 Å². The number of hydrogen-bond donors (Lipinski definition) is 3. The summed E-state index contributed by atoms with van der Waals surface area (Å²) >= 11 is 0. The largest absolute Gasteiger partial charge is 0.481 e. The Bertz CT molecular complexity index is 286. The van der Waals surface area contributed by atoms with Gasteiger partial charge in [-0.3, -0.25) is 9.59 Å². The number of nitrogens with zero attached hydrogens (tertiary/aromatic N) is 1. The first-order chi connectivity index (χ1) is 7.93. The molecule has 0 aromatic rings. The van der Waals surface area contributed by atoms with Crippen LogP contribution in [0.3, 0.4) is 0 Å². The first-order valence-corrected chi connectivity index (χ1v) is 5.82. The van der Waals surface area contributed by atoms with Crippen molar-refractivity contribution in [2.75, 3.05) is 33.7 Å². The summed E-state index contributed by atoms with van der Waals surface area (Å²) in [7, 11) is 3.62. The standard InChI is InChI=1S/C11H21N3O3/c1-14(2)8-9(15)13-11(7-10(16)17)3-5-12-6-4-11/h12H,3-8H2,1-2H3,(H,13,15)(H,16,17). The highest BCUT2D eigenvalue weighted by Gasteiger charge is 2.35. The van der Waals surface area contributed by atoms with E-state index in [-0.39, 0.29) is 18.9 Å². The summed E-state index contributed by atoms with van der Waals surface area (Å²) in [6.45, 7) is 1.78. The fourth-order valence-electron chi connectivity index (χ4n) is 2.16. The summed E-state index contributed by atoms with van der Waals surface area (Å²) in [5.41, 5.74) is -0.579. The number of carboxylic acids is 1. The molecule has 1 heterocycles. The van der Waals surface area contributed by atoms with Crippen molar-refractivity contribution in [2.45, 2.75) is 24.8 Å². The predicted octanol–water partition coefficient (Wildman–Crippen LogP) is -0.739. The Labute approximate surface area is 101 Å². The van der Waals surface area contributed by atoms with E-state index in [1.807, 2.05) is 14.1 Å². The van der Waals surface area contributed by atoms with Gasteiger partial charge >= 0.3 is 5.97 Å². The Hall–Kier alpha value is -1.14. The molecule has 1 fully saturated rings. The minimum absolute atomic E-state index is 0.00610. The molecule has 0 unspecified atom stereocenters. The van der Waals surface area contributed by atoms with Gasteiger partial charge in [0.15, 0.2) is 0 Å². The third-order valence-electron chi connectivity index (χ3n) is 2.91. The molecule has 1 saturated heterocycles. The van der Waals surface area contributed by atoms with Crippen LogP contribution in [0.15, 0.2) is 0 Å². The molecular formula is C11H21N3O3. The molecule has 1 aliphatic rings. The molecule has 1 amide bonds. The second-order valence-corrected chi connectivity index (χ2v) is 4.89.